The number of aromatic nitrogens is 1. The Hall–Kier alpha value is -0.740. The number of rotatable bonds is 5. The maximum absolute atomic E-state index is 11.6. The molecule has 0 atom stereocenters. The molecule has 14 heavy (non-hydrogen) atoms. The first-order chi connectivity index (χ1) is 6.65. The van der Waals surface area contributed by atoms with E-state index in [1.165, 1.54) is 11.8 Å². The number of hydrogen-bond acceptors (Lipinski definition) is 3. The van der Waals surface area contributed by atoms with Gasteiger partial charge >= 0.3 is 0 Å². The van der Waals surface area contributed by atoms with E-state index < -0.39 is 0 Å². The third kappa shape index (κ3) is 2.89. The predicted octanol–water partition coefficient (Wildman–Crippen LogP) is 1.54. The summed E-state index contributed by atoms with van der Waals surface area (Å²) < 4.78 is 0. The first-order valence-electron chi connectivity index (χ1n) is 4.53. The molecule has 0 amide bonds. The molecule has 1 heterocycles. The molecular weight excluding hydrogens is 198 g/mol. The van der Waals surface area contributed by atoms with Crippen LogP contribution in [-0.2, 0) is 0 Å². The van der Waals surface area contributed by atoms with E-state index >= 15 is 0 Å². The average molecular weight is 213 g/mol. The highest BCUT2D eigenvalue weighted by Crippen LogP contribution is 2.12. The van der Waals surface area contributed by atoms with Gasteiger partial charge < -0.3 is 10.1 Å². The lowest BCUT2D eigenvalue weighted by Crippen LogP contribution is -2.04. The fourth-order valence-electron chi connectivity index (χ4n) is 1.32. The molecule has 0 bridgehead atoms. The van der Waals surface area contributed by atoms with Gasteiger partial charge in [0.05, 0.1) is 12.4 Å². The number of carbonyl (C=O) groups excluding carboxylic acids is 1. The van der Waals surface area contributed by atoms with Crippen LogP contribution in [0.2, 0.25) is 0 Å². The highest BCUT2D eigenvalue weighted by Gasteiger charge is 2.10. The number of aromatic amines is 1. The third-order valence-corrected chi connectivity index (χ3v) is 2.86. The minimum absolute atomic E-state index is 0.128. The van der Waals surface area contributed by atoms with Crippen molar-refractivity contribution >= 4 is 17.5 Å². The van der Waals surface area contributed by atoms with Crippen molar-refractivity contribution < 1.29 is 9.90 Å². The standard InChI is InChI=1S/C10H15NO2S/c1-7-5-9(8(2)11-7)10(13)6-14-4-3-12/h5,11-12H,3-4,6H2,1-2H3. The number of carbonyl (C=O) groups is 1. The molecule has 2 N–H and O–H groups in total. The van der Waals surface area contributed by atoms with E-state index in [1.807, 2.05) is 19.9 Å². The van der Waals surface area contributed by atoms with Gasteiger partial charge in [0.2, 0.25) is 0 Å². The zero-order chi connectivity index (χ0) is 10.6. The first kappa shape index (κ1) is 11.3. The van der Waals surface area contributed by atoms with Crippen molar-refractivity contribution in [1.82, 2.24) is 4.98 Å². The van der Waals surface area contributed by atoms with Gasteiger partial charge in [-0.3, -0.25) is 4.79 Å². The molecule has 1 rings (SSSR count). The minimum atomic E-state index is 0.128. The number of Topliss-reactive ketones (excluding diaryl/α,β-unsaturated/α-hetero) is 1. The Labute approximate surface area is 87.9 Å². The Morgan fingerprint density at radius 3 is 2.79 bits per heavy atom. The lowest BCUT2D eigenvalue weighted by molar-refractivity contribution is 0.102. The summed E-state index contributed by atoms with van der Waals surface area (Å²) in [7, 11) is 0. The average Bonchev–Trinajstić information content (AvgIpc) is 2.45. The summed E-state index contributed by atoms with van der Waals surface area (Å²) in [5.41, 5.74) is 2.71. The van der Waals surface area contributed by atoms with Gasteiger partial charge in [-0.25, -0.2) is 0 Å². The molecule has 0 radical (unpaired) electrons. The van der Waals surface area contributed by atoms with Crippen molar-refractivity contribution in [1.29, 1.82) is 0 Å². The molecule has 0 saturated carbocycles. The molecule has 4 heteroatoms. The van der Waals surface area contributed by atoms with E-state index in [-0.39, 0.29) is 12.4 Å². The minimum Gasteiger partial charge on any atom is -0.396 e. The number of thioether (sulfide) groups is 1. The quantitative estimate of drug-likeness (QED) is 0.576. The number of ketones is 1. The van der Waals surface area contributed by atoms with Crippen molar-refractivity contribution in [3.63, 3.8) is 0 Å². The first-order valence-corrected chi connectivity index (χ1v) is 5.68. The zero-order valence-corrected chi connectivity index (χ0v) is 9.28. The Morgan fingerprint density at radius 2 is 2.29 bits per heavy atom. The molecule has 0 aromatic carbocycles. The van der Waals surface area contributed by atoms with Gasteiger partial charge in [0.1, 0.15) is 0 Å². The Morgan fingerprint density at radius 1 is 1.57 bits per heavy atom. The molecule has 1 aromatic heterocycles. The van der Waals surface area contributed by atoms with Gasteiger partial charge in [-0.15, -0.1) is 0 Å². The van der Waals surface area contributed by atoms with Gasteiger partial charge in [-0.05, 0) is 19.9 Å². The second-order valence-electron chi connectivity index (χ2n) is 3.19. The second kappa shape index (κ2) is 5.22. The van der Waals surface area contributed by atoms with Crippen LogP contribution in [-0.4, -0.2) is 34.0 Å². The SMILES string of the molecule is Cc1cc(C(=O)CSCCO)c(C)[nH]1. The number of aliphatic hydroxyl groups is 1. The molecular formula is C10H15NO2S. The zero-order valence-electron chi connectivity index (χ0n) is 8.46. The van der Waals surface area contributed by atoms with Gasteiger partial charge in [0, 0.05) is 22.7 Å². The van der Waals surface area contributed by atoms with Gasteiger partial charge in [-0.2, -0.15) is 11.8 Å². The van der Waals surface area contributed by atoms with E-state index in [4.69, 9.17) is 5.11 Å². The molecule has 0 spiro atoms. The largest absolute Gasteiger partial charge is 0.396 e. The Balaban J connectivity index is 2.56. The van der Waals surface area contributed by atoms with Crippen LogP contribution in [0.3, 0.4) is 0 Å². The van der Waals surface area contributed by atoms with Crippen LogP contribution >= 0.6 is 11.8 Å². The Bertz CT molecular complexity index is 320. The summed E-state index contributed by atoms with van der Waals surface area (Å²) in [6, 6.07) is 1.87. The molecule has 0 aliphatic heterocycles. The number of aliphatic hydroxyl groups excluding tert-OH is 1. The monoisotopic (exact) mass is 213 g/mol. The van der Waals surface area contributed by atoms with E-state index in [0.29, 0.717) is 11.5 Å². The van der Waals surface area contributed by atoms with Crippen LogP contribution in [0.25, 0.3) is 0 Å². The van der Waals surface area contributed by atoms with Crippen LogP contribution in [0.5, 0.6) is 0 Å². The molecule has 0 aliphatic rings. The van der Waals surface area contributed by atoms with Crippen molar-refractivity contribution in [2.45, 2.75) is 13.8 Å². The molecule has 0 aliphatic carbocycles. The third-order valence-electron chi connectivity index (χ3n) is 1.92. The van der Waals surface area contributed by atoms with Crippen LogP contribution in [0.1, 0.15) is 21.7 Å². The highest BCUT2D eigenvalue weighted by molar-refractivity contribution is 8.00. The molecule has 0 unspecified atom stereocenters. The van der Waals surface area contributed by atoms with Crippen LogP contribution in [0.4, 0.5) is 0 Å². The van der Waals surface area contributed by atoms with Gasteiger partial charge in [-0.1, -0.05) is 0 Å². The molecule has 78 valence electrons. The Kier molecular flexibility index (Phi) is 4.22. The topological polar surface area (TPSA) is 53.1 Å². The highest BCUT2D eigenvalue weighted by atomic mass is 32.2. The number of aryl methyl sites for hydroxylation is 2. The van der Waals surface area contributed by atoms with Crippen molar-refractivity contribution in [2.75, 3.05) is 18.1 Å². The number of nitrogens with one attached hydrogen (secondary N) is 1. The lowest BCUT2D eigenvalue weighted by atomic mass is 10.2. The fraction of sp³-hybridized carbons (Fsp3) is 0.500. The smallest absolute Gasteiger partial charge is 0.174 e. The molecule has 0 saturated heterocycles. The predicted molar refractivity (Wildman–Crippen MR) is 59.0 cm³/mol. The summed E-state index contributed by atoms with van der Waals surface area (Å²) in [6.07, 6.45) is 0. The van der Waals surface area contributed by atoms with Crippen molar-refractivity contribution in [3.8, 4) is 0 Å². The summed E-state index contributed by atoms with van der Waals surface area (Å²) >= 11 is 1.46. The van der Waals surface area contributed by atoms with E-state index in [0.717, 1.165) is 17.0 Å². The van der Waals surface area contributed by atoms with Gasteiger partial charge in [0.25, 0.3) is 0 Å². The summed E-state index contributed by atoms with van der Waals surface area (Å²) in [4.78, 5) is 14.7. The van der Waals surface area contributed by atoms with E-state index in [1.54, 1.807) is 0 Å². The summed E-state index contributed by atoms with van der Waals surface area (Å²) in [5.74, 6) is 1.19. The van der Waals surface area contributed by atoms with E-state index in [2.05, 4.69) is 4.98 Å². The number of hydrogen-bond donors (Lipinski definition) is 2. The fourth-order valence-corrected chi connectivity index (χ4v) is 1.94. The molecule has 0 fully saturated rings. The van der Waals surface area contributed by atoms with Crippen molar-refractivity contribution in [3.05, 3.63) is 23.0 Å². The van der Waals surface area contributed by atoms with Crippen molar-refractivity contribution in [2.24, 2.45) is 0 Å². The second-order valence-corrected chi connectivity index (χ2v) is 4.30. The van der Waals surface area contributed by atoms with Crippen LogP contribution < -0.4 is 0 Å². The van der Waals surface area contributed by atoms with Crippen LogP contribution in [0.15, 0.2) is 6.07 Å². The summed E-state index contributed by atoms with van der Waals surface area (Å²) in [5, 5.41) is 8.57. The molecule has 1 aromatic rings. The van der Waals surface area contributed by atoms with E-state index in [9.17, 15) is 4.79 Å². The summed E-state index contributed by atoms with van der Waals surface area (Å²) in [6.45, 7) is 3.96. The normalized spacial score (nSPS) is 10.5. The van der Waals surface area contributed by atoms with Crippen LogP contribution in [0, 0.1) is 13.8 Å². The maximum Gasteiger partial charge on any atom is 0.174 e. The lowest BCUT2D eigenvalue weighted by Gasteiger charge is -1.98. The molecule has 3 nitrogen and oxygen atoms in total. The van der Waals surface area contributed by atoms with Gasteiger partial charge in [0.15, 0.2) is 5.78 Å². The number of H-pyrrole nitrogens is 1. The maximum atomic E-state index is 11.6.